The second-order valence-electron chi connectivity index (χ2n) is 4.66. The third-order valence-corrected chi connectivity index (χ3v) is 3.53. The van der Waals surface area contributed by atoms with E-state index >= 15 is 0 Å². The fourth-order valence-electron chi connectivity index (χ4n) is 2.78. The summed E-state index contributed by atoms with van der Waals surface area (Å²) < 4.78 is 1.92. The highest BCUT2D eigenvalue weighted by atomic mass is 15.2. The van der Waals surface area contributed by atoms with E-state index < -0.39 is 0 Å². The van der Waals surface area contributed by atoms with Crippen molar-refractivity contribution in [1.82, 2.24) is 15.1 Å². The minimum Gasteiger partial charge on any atom is -0.319 e. The van der Waals surface area contributed by atoms with Crippen LogP contribution < -0.4 is 5.32 Å². The lowest BCUT2D eigenvalue weighted by atomic mass is 9.76. The van der Waals surface area contributed by atoms with Crippen LogP contribution in [0.15, 0.2) is 12.4 Å². The molecule has 15 heavy (non-hydrogen) atoms. The van der Waals surface area contributed by atoms with Crippen molar-refractivity contribution in [1.29, 1.82) is 0 Å². The van der Waals surface area contributed by atoms with Crippen LogP contribution in [0, 0.1) is 5.92 Å². The molecule has 0 amide bonds. The summed E-state index contributed by atoms with van der Waals surface area (Å²) in [6.45, 7) is 1.14. The zero-order chi connectivity index (χ0) is 10.7. The van der Waals surface area contributed by atoms with E-state index in [2.05, 4.69) is 23.7 Å². The number of nitrogens with one attached hydrogen (secondary N) is 1. The van der Waals surface area contributed by atoms with Gasteiger partial charge < -0.3 is 5.32 Å². The lowest BCUT2D eigenvalue weighted by molar-refractivity contribution is 0.301. The van der Waals surface area contributed by atoms with E-state index in [1.54, 1.807) is 0 Å². The molecule has 1 aromatic rings. The van der Waals surface area contributed by atoms with Gasteiger partial charge in [0, 0.05) is 13.2 Å². The monoisotopic (exact) mass is 207 g/mol. The van der Waals surface area contributed by atoms with Crippen molar-refractivity contribution in [3.8, 4) is 0 Å². The van der Waals surface area contributed by atoms with Gasteiger partial charge in [-0.2, -0.15) is 5.10 Å². The van der Waals surface area contributed by atoms with E-state index in [9.17, 15) is 0 Å². The summed E-state index contributed by atoms with van der Waals surface area (Å²) in [5, 5.41) is 7.60. The molecule has 84 valence electrons. The number of rotatable bonds is 3. The first kappa shape index (κ1) is 10.7. The van der Waals surface area contributed by atoms with E-state index in [1.165, 1.54) is 31.2 Å². The highest BCUT2D eigenvalue weighted by Crippen LogP contribution is 2.37. The van der Waals surface area contributed by atoms with Gasteiger partial charge in [-0.3, -0.25) is 4.68 Å². The Balaban J connectivity index is 2.10. The van der Waals surface area contributed by atoms with Gasteiger partial charge in [-0.15, -0.1) is 0 Å². The van der Waals surface area contributed by atoms with Crippen LogP contribution >= 0.6 is 0 Å². The molecule has 2 atom stereocenters. The summed E-state index contributed by atoms with van der Waals surface area (Å²) in [6, 6.07) is 0. The maximum Gasteiger partial charge on any atom is 0.0524 e. The Morgan fingerprint density at radius 3 is 2.93 bits per heavy atom. The van der Waals surface area contributed by atoms with Crippen LogP contribution in [0.2, 0.25) is 0 Å². The topological polar surface area (TPSA) is 29.9 Å². The standard InChI is InChI=1S/C12H21N3/c1-13-7-10-5-3-4-6-12(10)11-8-14-15(2)9-11/h8-10,12-13H,3-7H2,1-2H3. The minimum absolute atomic E-state index is 0.722. The van der Waals surface area contributed by atoms with Crippen LogP contribution in [0.4, 0.5) is 0 Å². The van der Waals surface area contributed by atoms with Gasteiger partial charge in [0.15, 0.2) is 0 Å². The summed E-state index contributed by atoms with van der Waals surface area (Å²) in [5.74, 6) is 1.52. The van der Waals surface area contributed by atoms with Gasteiger partial charge in [0.05, 0.1) is 6.20 Å². The smallest absolute Gasteiger partial charge is 0.0524 e. The van der Waals surface area contributed by atoms with Crippen LogP contribution in [0.3, 0.4) is 0 Å². The molecular weight excluding hydrogens is 186 g/mol. The Morgan fingerprint density at radius 2 is 2.27 bits per heavy atom. The highest BCUT2D eigenvalue weighted by molar-refractivity contribution is 5.13. The largest absolute Gasteiger partial charge is 0.319 e. The van der Waals surface area contributed by atoms with Crippen molar-refractivity contribution in [2.45, 2.75) is 31.6 Å². The summed E-state index contributed by atoms with van der Waals surface area (Å²) in [4.78, 5) is 0. The lowest BCUT2D eigenvalue weighted by Crippen LogP contribution is -2.27. The molecule has 1 aliphatic rings. The summed E-state index contributed by atoms with van der Waals surface area (Å²) in [5.41, 5.74) is 1.43. The first-order chi connectivity index (χ1) is 7.31. The van der Waals surface area contributed by atoms with Crippen LogP contribution in [0.1, 0.15) is 37.2 Å². The van der Waals surface area contributed by atoms with Crippen molar-refractivity contribution < 1.29 is 0 Å². The SMILES string of the molecule is CNCC1CCCCC1c1cnn(C)c1. The molecule has 0 aliphatic heterocycles. The Morgan fingerprint density at radius 1 is 1.47 bits per heavy atom. The third kappa shape index (κ3) is 2.40. The quantitative estimate of drug-likeness (QED) is 0.820. The molecule has 3 nitrogen and oxygen atoms in total. The molecule has 1 aliphatic carbocycles. The Labute approximate surface area is 91.9 Å². The molecule has 2 rings (SSSR count). The predicted molar refractivity (Wildman–Crippen MR) is 61.8 cm³/mol. The Hall–Kier alpha value is -0.830. The molecule has 1 fully saturated rings. The third-order valence-electron chi connectivity index (χ3n) is 3.53. The Kier molecular flexibility index (Phi) is 3.41. The molecule has 3 heteroatoms. The zero-order valence-electron chi connectivity index (χ0n) is 9.74. The fourth-order valence-corrected chi connectivity index (χ4v) is 2.78. The van der Waals surface area contributed by atoms with Crippen LogP contribution in [0.25, 0.3) is 0 Å². The van der Waals surface area contributed by atoms with E-state index in [-0.39, 0.29) is 0 Å². The number of hydrogen-bond donors (Lipinski definition) is 1. The van der Waals surface area contributed by atoms with Crippen molar-refractivity contribution >= 4 is 0 Å². The van der Waals surface area contributed by atoms with Gasteiger partial charge in [-0.1, -0.05) is 12.8 Å². The van der Waals surface area contributed by atoms with E-state index in [1.807, 2.05) is 17.9 Å². The molecule has 0 saturated heterocycles. The highest BCUT2D eigenvalue weighted by Gasteiger charge is 2.26. The average molecular weight is 207 g/mol. The summed E-state index contributed by atoms with van der Waals surface area (Å²) in [7, 11) is 4.05. The molecule has 1 saturated carbocycles. The maximum atomic E-state index is 4.28. The number of aryl methyl sites for hydroxylation is 1. The molecular formula is C12H21N3. The van der Waals surface area contributed by atoms with Crippen molar-refractivity contribution in [3.05, 3.63) is 18.0 Å². The molecule has 0 bridgehead atoms. The number of hydrogen-bond acceptors (Lipinski definition) is 2. The van der Waals surface area contributed by atoms with Gasteiger partial charge in [0.25, 0.3) is 0 Å². The fraction of sp³-hybridized carbons (Fsp3) is 0.750. The van der Waals surface area contributed by atoms with Crippen molar-refractivity contribution in [3.63, 3.8) is 0 Å². The molecule has 1 heterocycles. The van der Waals surface area contributed by atoms with Crippen LogP contribution in [-0.4, -0.2) is 23.4 Å². The van der Waals surface area contributed by atoms with Gasteiger partial charge in [-0.05, 0) is 43.8 Å². The zero-order valence-corrected chi connectivity index (χ0v) is 9.74. The van der Waals surface area contributed by atoms with Crippen molar-refractivity contribution in [2.24, 2.45) is 13.0 Å². The average Bonchev–Trinajstić information content (AvgIpc) is 2.66. The van der Waals surface area contributed by atoms with Crippen molar-refractivity contribution in [2.75, 3.05) is 13.6 Å². The molecule has 0 radical (unpaired) electrons. The van der Waals surface area contributed by atoms with Crippen LogP contribution in [0.5, 0.6) is 0 Å². The van der Waals surface area contributed by atoms with Gasteiger partial charge in [0.1, 0.15) is 0 Å². The Bertz CT molecular complexity index is 304. The molecule has 0 spiro atoms. The lowest BCUT2D eigenvalue weighted by Gasteiger charge is -2.30. The van der Waals surface area contributed by atoms with E-state index in [0.29, 0.717) is 0 Å². The predicted octanol–water partition coefficient (Wildman–Crippen LogP) is 1.91. The molecule has 1 N–H and O–H groups in total. The number of aromatic nitrogens is 2. The maximum absolute atomic E-state index is 4.28. The second-order valence-corrected chi connectivity index (χ2v) is 4.66. The van der Waals surface area contributed by atoms with Gasteiger partial charge in [0.2, 0.25) is 0 Å². The molecule has 1 aromatic heterocycles. The first-order valence-corrected chi connectivity index (χ1v) is 5.94. The van der Waals surface area contributed by atoms with Crippen LogP contribution in [-0.2, 0) is 7.05 Å². The summed E-state index contributed by atoms with van der Waals surface area (Å²) >= 11 is 0. The van der Waals surface area contributed by atoms with E-state index in [0.717, 1.165) is 18.4 Å². The second kappa shape index (κ2) is 4.79. The normalized spacial score (nSPS) is 26.8. The first-order valence-electron chi connectivity index (χ1n) is 5.94. The number of nitrogens with zero attached hydrogens (tertiary/aromatic N) is 2. The minimum atomic E-state index is 0.722. The van der Waals surface area contributed by atoms with E-state index in [4.69, 9.17) is 0 Å². The van der Waals surface area contributed by atoms with Gasteiger partial charge in [-0.25, -0.2) is 0 Å². The molecule has 0 aromatic carbocycles. The summed E-state index contributed by atoms with van der Waals surface area (Å²) in [6.07, 6.45) is 9.68. The van der Waals surface area contributed by atoms with Gasteiger partial charge >= 0.3 is 0 Å². The molecule has 2 unspecified atom stereocenters.